The van der Waals surface area contributed by atoms with Crippen LogP contribution in [0.15, 0.2) is 49.1 Å². The summed E-state index contributed by atoms with van der Waals surface area (Å²) in [6, 6.07) is 7.98. The minimum absolute atomic E-state index is 0.0156. The summed E-state index contributed by atoms with van der Waals surface area (Å²) in [4.78, 5) is 16.5. The van der Waals surface area contributed by atoms with Crippen LogP contribution < -0.4 is 10.1 Å². The van der Waals surface area contributed by atoms with E-state index in [0.717, 1.165) is 35.2 Å². The van der Waals surface area contributed by atoms with E-state index in [1.165, 1.54) is 0 Å². The summed E-state index contributed by atoms with van der Waals surface area (Å²) in [5.74, 6) is 0.660. The van der Waals surface area contributed by atoms with Gasteiger partial charge in [0.25, 0.3) is 5.91 Å². The number of hydrogen-bond acceptors (Lipinski definition) is 4. The van der Waals surface area contributed by atoms with Crippen LogP contribution in [0.25, 0.3) is 16.8 Å². The number of methoxy groups -OCH3 is 1. The third-order valence-electron chi connectivity index (χ3n) is 4.50. The number of carbonyl (C=O) groups excluding carboxylic acids is 1. The second-order valence-corrected chi connectivity index (χ2v) is 6.53. The molecule has 26 heavy (non-hydrogen) atoms. The predicted molar refractivity (Wildman–Crippen MR) is 98.6 cm³/mol. The smallest absolute Gasteiger partial charge is 0.251 e. The number of ether oxygens (including phenoxy) is 1. The van der Waals surface area contributed by atoms with Crippen molar-refractivity contribution in [1.82, 2.24) is 20.1 Å². The lowest BCUT2D eigenvalue weighted by atomic mass is 10.0. The molecule has 0 unspecified atom stereocenters. The Morgan fingerprint density at radius 3 is 2.85 bits per heavy atom. The average molecular weight is 348 g/mol. The monoisotopic (exact) mass is 348 g/mol. The highest BCUT2D eigenvalue weighted by molar-refractivity contribution is 5.96. The van der Waals surface area contributed by atoms with Gasteiger partial charge >= 0.3 is 0 Å². The zero-order valence-electron chi connectivity index (χ0n) is 14.8. The van der Waals surface area contributed by atoms with E-state index in [1.807, 2.05) is 37.4 Å². The molecule has 2 aromatic heterocycles. The molecule has 1 aliphatic carbocycles. The summed E-state index contributed by atoms with van der Waals surface area (Å²) in [5.41, 5.74) is 4.53. The number of rotatable bonds is 5. The molecule has 0 spiro atoms. The Morgan fingerprint density at radius 2 is 2.08 bits per heavy atom. The van der Waals surface area contributed by atoms with Gasteiger partial charge in [0.15, 0.2) is 0 Å². The van der Waals surface area contributed by atoms with E-state index in [-0.39, 0.29) is 5.91 Å². The molecule has 1 amide bonds. The molecule has 4 rings (SSSR count). The second kappa shape index (κ2) is 6.63. The Labute approximate surface area is 151 Å². The molecule has 1 saturated carbocycles. The van der Waals surface area contributed by atoms with Crippen LogP contribution in [0.5, 0.6) is 5.75 Å². The molecule has 0 bridgehead atoms. The summed E-state index contributed by atoms with van der Waals surface area (Å²) in [6.07, 6.45) is 9.26. The molecule has 0 radical (unpaired) electrons. The maximum atomic E-state index is 12.3. The average Bonchev–Trinajstić information content (AvgIpc) is 3.34. The fourth-order valence-electron chi connectivity index (χ4n) is 2.82. The molecule has 0 saturated heterocycles. The van der Waals surface area contributed by atoms with Crippen molar-refractivity contribution in [2.24, 2.45) is 0 Å². The first-order valence-corrected chi connectivity index (χ1v) is 8.60. The van der Waals surface area contributed by atoms with Gasteiger partial charge in [-0.3, -0.25) is 9.78 Å². The zero-order chi connectivity index (χ0) is 18.1. The predicted octanol–water partition coefficient (Wildman–Crippen LogP) is 3.14. The molecular weight excluding hydrogens is 328 g/mol. The van der Waals surface area contributed by atoms with E-state index in [4.69, 9.17) is 4.74 Å². The first-order valence-electron chi connectivity index (χ1n) is 8.60. The highest BCUT2D eigenvalue weighted by atomic mass is 16.5. The van der Waals surface area contributed by atoms with Crippen LogP contribution in [0.4, 0.5) is 0 Å². The maximum absolute atomic E-state index is 12.3. The van der Waals surface area contributed by atoms with Crippen molar-refractivity contribution in [2.75, 3.05) is 7.11 Å². The molecule has 1 aromatic carbocycles. The van der Waals surface area contributed by atoms with Crippen molar-refractivity contribution in [3.63, 3.8) is 0 Å². The quantitative estimate of drug-likeness (QED) is 0.769. The highest BCUT2D eigenvalue weighted by Gasteiger charge is 2.24. The van der Waals surface area contributed by atoms with Gasteiger partial charge in [-0.05, 0) is 43.0 Å². The number of amides is 1. The number of hydrogen-bond donors (Lipinski definition) is 1. The van der Waals surface area contributed by atoms with Gasteiger partial charge in [0, 0.05) is 29.4 Å². The molecule has 0 aliphatic heterocycles. The number of benzene rings is 1. The molecule has 1 fully saturated rings. The number of aromatic nitrogens is 3. The Kier molecular flexibility index (Phi) is 4.16. The standard InChI is InChI=1S/C20H20N4O2/c1-13-3-4-14(20(25)23-16-5-6-16)7-19(13)15-9-22-24(12-15)17-8-18(26-2)11-21-10-17/h3-4,7-12,16H,5-6H2,1-2H3,(H,23,25). The topological polar surface area (TPSA) is 69.0 Å². The van der Waals surface area contributed by atoms with E-state index in [2.05, 4.69) is 15.4 Å². The summed E-state index contributed by atoms with van der Waals surface area (Å²) in [6.45, 7) is 2.03. The zero-order valence-corrected chi connectivity index (χ0v) is 14.8. The van der Waals surface area contributed by atoms with Crippen molar-refractivity contribution in [3.05, 3.63) is 60.2 Å². The van der Waals surface area contributed by atoms with Crippen molar-refractivity contribution in [1.29, 1.82) is 0 Å². The summed E-state index contributed by atoms with van der Waals surface area (Å²) < 4.78 is 6.97. The van der Waals surface area contributed by atoms with Crippen LogP contribution >= 0.6 is 0 Å². The molecule has 1 aliphatic rings. The van der Waals surface area contributed by atoms with Gasteiger partial charge in [0.2, 0.25) is 0 Å². The molecule has 0 atom stereocenters. The van der Waals surface area contributed by atoms with Gasteiger partial charge in [-0.15, -0.1) is 0 Å². The summed E-state index contributed by atoms with van der Waals surface area (Å²) in [5, 5.41) is 7.46. The highest BCUT2D eigenvalue weighted by Crippen LogP contribution is 2.26. The SMILES string of the molecule is COc1cncc(-n2cc(-c3cc(C(=O)NC4CC4)ccc3C)cn2)c1. The molecule has 2 heterocycles. The maximum Gasteiger partial charge on any atom is 0.251 e. The molecular formula is C20H20N4O2. The van der Waals surface area contributed by atoms with Gasteiger partial charge in [-0.2, -0.15) is 5.10 Å². The van der Waals surface area contributed by atoms with Crippen LogP contribution in [0.1, 0.15) is 28.8 Å². The van der Waals surface area contributed by atoms with Crippen LogP contribution in [-0.4, -0.2) is 33.8 Å². The first-order chi connectivity index (χ1) is 12.6. The van der Waals surface area contributed by atoms with Gasteiger partial charge in [0.1, 0.15) is 5.75 Å². The van der Waals surface area contributed by atoms with Gasteiger partial charge < -0.3 is 10.1 Å². The van der Waals surface area contributed by atoms with E-state index in [1.54, 1.807) is 30.4 Å². The fourth-order valence-corrected chi connectivity index (χ4v) is 2.82. The lowest BCUT2D eigenvalue weighted by Crippen LogP contribution is -2.25. The molecule has 1 N–H and O–H groups in total. The number of pyridine rings is 1. The van der Waals surface area contributed by atoms with Gasteiger partial charge in [-0.25, -0.2) is 4.68 Å². The lowest BCUT2D eigenvalue weighted by Gasteiger charge is -2.08. The number of nitrogens with one attached hydrogen (secondary N) is 1. The minimum atomic E-state index is -0.0156. The third-order valence-corrected chi connectivity index (χ3v) is 4.50. The Bertz CT molecular complexity index is 960. The summed E-state index contributed by atoms with van der Waals surface area (Å²) >= 11 is 0. The van der Waals surface area contributed by atoms with Gasteiger partial charge in [-0.1, -0.05) is 6.07 Å². The van der Waals surface area contributed by atoms with E-state index < -0.39 is 0 Å². The fraction of sp³-hybridized carbons (Fsp3) is 0.250. The first kappa shape index (κ1) is 16.3. The van der Waals surface area contributed by atoms with Gasteiger partial charge in [0.05, 0.1) is 31.4 Å². The number of aryl methyl sites for hydroxylation is 1. The normalized spacial score (nSPS) is 13.5. The van der Waals surface area contributed by atoms with Crippen molar-refractivity contribution < 1.29 is 9.53 Å². The van der Waals surface area contributed by atoms with Crippen LogP contribution in [0.2, 0.25) is 0 Å². The second-order valence-electron chi connectivity index (χ2n) is 6.53. The molecule has 132 valence electrons. The van der Waals surface area contributed by atoms with Crippen LogP contribution in [0.3, 0.4) is 0 Å². The molecule has 3 aromatic rings. The van der Waals surface area contributed by atoms with Crippen LogP contribution in [0, 0.1) is 6.92 Å². The van der Waals surface area contributed by atoms with Crippen molar-refractivity contribution >= 4 is 5.91 Å². The number of carbonyl (C=O) groups is 1. The van der Waals surface area contributed by atoms with Crippen LogP contribution in [-0.2, 0) is 0 Å². The Hall–Kier alpha value is -3.15. The Morgan fingerprint density at radius 1 is 1.23 bits per heavy atom. The minimum Gasteiger partial charge on any atom is -0.495 e. The van der Waals surface area contributed by atoms with Crippen molar-refractivity contribution in [2.45, 2.75) is 25.8 Å². The summed E-state index contributed by atoms with van der Waals surface area (Å²) in [7, 11) is 1.61. The number of nitrogens with zero attached hydrogens (tertiary/aromatic N) is 3. The third kappa shape index (κ3) is 3.31. The largest absolute Gasteiger partial charge is 0.495 e. The van der Waals surface area contributed by atoms with Crippen molar-refractivity contribution in [3.8, 4) is 22.6 Å². The molecule has 6 heteroatoms. The Balaban J connectivity index is 1.65. The lowest BCUT2D eigenvalue weighted by molar-refractivity contribution is 0.0951. The van der Waals surface area contributed by atoms with E-state index in [9.17, 15) is 4.79 Å². The van der Waals surface area contributed by atoms with E-state index in [0.29, 0.717) is 17.4 Å². The van der Waals surface area contributed by atoms with E-state index >= 15 is 0 Å². The molecule has 6 nitrogen and oxygen atoms in total.